The monoisotopic (exact) mass is 483 g/mol. The summed E-state index contributed by atoms with van der Waals surface area (Å²) < 4.78 is 11.5. The fourth-order valence-electron chi connectivity index (χ4n) is 4.38. The van der Waals surface area contributed by atoms with Gasteiger partial charge in [0.15, 0.2) is 0 Å². The Hall–Kier alpha value is -3.49. The summed E-state index contributed by atoms with van der Waals surface area (Å²) in [6.07, 6.45) is 3.17. The molecule has 1 atom stereocenters. The third-order valence-electron chi connectivity index (χ3n) is 6.24. The third kappa shape index (κ3) is 5.78. The lowest BCUT2D eigenvalue weighted by Crippen LogP contribution is -2.42. The van der Waals surface area contributed by atoms with Crippen molar-refractivity contribution in [2.45, 2.75) is 58.0 Å². The summed E-state index contributed by atoms with van der Waals surface area (Å²) >= 11 is 0. The molecule has 1 saturated carbocycles. The number of hydrogen-bond acceptors (Lipinski definition) is 7. The van der Waals surface area contributed by atoms with Gasteiger partial charge in [-0.25, -0.2) is 14.6 Å². The van der Waals surface area contributed by atoms with E-state index in [4.69, 9.17) is 15.2 Å². The Morgan fingerprint density at radius 3 is 2.63 bits per heavy atom. The zero-order chi connectivity index (χ0) is 25.3. The lowest BCUT2D eigenvalue weighted by Gasteiger charge is -2.35. The van der Waals surface area contributed by atoms with E-state index in [1.165, 1.54) is 6.07 Å². The Morgan fingerprint density at radius 1 is 1.23 bits per heavy atom. The predicted molar refractivity (Wildman–Crippen MR) is 131 cm³/mol. The molecule has 0 spiro atoms. The predicted octanol–water partition coefficient (Wildman–Crippen LogP) is 4.64. The molecule has 2 aromatic rings. The van der Waals surface area contributed by atoms with Crippen LogP contribution < -0.4 is 10.5 Å². The number of anilines is 1. The van der Waals surface area contributed by atoms with Gasteiger partial charge in [-0.15, -0.1) is 0 Å². The highest BCUT2D eigenvalue weighted by Crippen LogP contribution is 2.41. The lowest BCUT2D eigenvalue weighted by molar-refractivity contribution is 0.0198. The maximum absolute atomic E-state index is 12.7. The van der Waals surface area contributed by atoms with E-state index in [0.717, 1.165) is 12.8 Å². The number of carboxylic acids is 1. The Kier molecular flexibility index (Phi) is 6.78. The minimum absolute atomic E-state index is 0.0294. The molecule has 4 rings (SSSR count). The molecule has 1 aliphatic carbocycles. The first-order valence-corrected chi connectivity index (χ1v) is 12.0. The number of amides is 1. The number of ether oxygens (including phenoxy) is 2. The number of carboxylic acid groups (broad SMARTS) is 1. The molecule has 9 nitrogen and oxygen atoms in total. The van der Waals surface area contributed by atoms with Gasteiger partial charge < -0.3 is 30.3 Å². The number of carbonyl (C=O) groups excluding carboxylic acids is 1. The summed E-state index contributed by atoms with van der Waals surface area (Å²) in [5, 5.41) is 20.6. The van der Waals surface area contributed by atoms with Crippen LogP contribution in [-0.2, 0) is 4.74 Å². The Balaban J connectivity index is 1.71. The molecular formula is C26H33N3O6. The van der Waals surface area contributed by atoms with Crippen molar-refractivity contribution in [2.24, 2.45) is 5.92 Å². The molecule has 2 heterocycles. The summed E-state index contributed by atoms with van der Waals surface area (Å²) in [5.74, 6) is -0.665. The average Bonchev–Trinajstić information content (AvgIpc) is 3.60. The molecule has 1 amide bonds. The highest BCUT2D eigenvalue weighted by Gasteiger charge is 2.32. The van der Waals surface area contributed by atoms with Crippen LogP contribution in [0.2, 0.25) is 0 Å². The number of aromatic carboxylic acids is 1. The number of pyridine rings is 1. The molecular weight excluding hydrogens is 450 g/mol. The zero-order valence-electron chi connectivity index (χ0n) is 20.4. The van der Waals surface area contributed by atoms with Crippen molar-refractivity contribution in [3.63, 3.8) is 0 Å². The van der Waals surface area contributed by atoms with Crippen molar-refractivity contribution >= 4 is 17.9 Å². The maximum atomic E-state index is 12.7. The summed E-state index contributed by atoms with van der Waals surface area (Å²) in [4.78, 5) is 30.8. The topological polar surface area (TPSA) is 135 Å². The molecule has 0 radical (unpaired) electrons. The number of hydrogen-bond donors (Lipinski definition) is 3. The van der Waals surface area contributed by atoms with Crippen LogP contribution in [0.5, 0.6) is 11.5 Å². The third-order valence-corrected chi connectivity index (χ3v) is 6.24. The van der Waals surface area contributed by atoms with Crippen molar-refractivity contribution in [1.82, 2.24) is 9.88 Å². The quantitative estimate of drug-likeness (QED) is 0.541. The second-order valence-electron chi connectivity index (χ2n) is 10.3. The van der Waals surface area contributed by atoms with Crippen LogP contribution in [0, 0.1) is 5.92 Å². The van der Waals surface area contributed by atoms with E-state index >= 15 is 0 Å². The van der Waals surface area contributed by atoms with Gasteiger partial charge in [-0.3, -0.25) is 0 Å². The fraction of sp³-hybridized carbons (Fsp3) is 0.500. The molecule has 1 aliphatic heterocycles. The van der Waals surface area contributed by atoms with Crippen LogP contribution in [0.25, 0.3) is 11.3 Å². The summed E-state index contributed by atoms with van der Waals surface area (Å²) in [6.45, 7) is 6.78. The van der Waals surface area contributed by atoms with Crippen molar-refractivity contribution in [3.05, 3.63) is 35.4 Å². The molecule has 2 aliphatic rings. The highest BCUT2D eigenvalue weighted by molar-refractivity contribution is 5.95. The van der Waals surface area contributed by atoms with Gasteiger partial charge in [0, 0.05) is 19.0 Å². The largest absolute Gasteiger partial charge is 0.507 e. The van der Waals surface area contributed by atoms with E-state index in [9.17, 15) is 19.8 Å². The molecule has 188 valence electrons. The first kappa shape index (κ1) is 24.6. The van der Waals surface area contributed by atoms with Gasteiger partial charge in [0.1, 0.15) is 28.5 Å². The van der Waals surface area contributed by atoms with Crippen molar-refractivity contribution in [1.29, 1.82) is 0 Å². The first-order valence-electron chi connectivity index (χ1n) is 12.0. The van der Waals surface area contributed by atoms with Crippen molar-refractivity contribution < 1.29 is 29.3 Å². The number of aromatic hydroxyl groups is 1. The number of nitrogens with zero attached hydrogens (tertiary/aromatic N) is 2. The minimum atomic E-state index is -1.19. The van der Waals surface area contributed by atoms with Gasteiger partial charge in [-0.05, 0) is 76.1 Å². The van der Waals surface area contributed by atoms with Gasteiger partial charge in [0.05, 0.1) is 17.9 Å². The number of rotatable bonds is 6. The SMILES string of the molecule is CC(C)(C)OC(=O)N1CCCC(c2cc(-c3c(O)cccc3OCC3CC3)nc(N)c2C(=O)O)C1. The van der Waals surface area contributed by atoms with E-state index in [1.807, 2.05) is 0 Å². The number of phenols is 1. The molecule has 0 bridgehead atoms. The van der Waals surface area contributed by atoms with E-state index in [1.54, 1.807) is 43.9 Å². The second kappa shape index (κ2) is 9.64. The lowest BCUT2D eigenvalue weighted by atomic mass is 9.87. The second-order valence-corrected chi connectivity index (χ2v) is 10.3. The van der Waals surface area contributed by atoms with Gasteiger partial charge in [-0.1, -0.05) is 6.07 Å². The standard InChI is InChI=1S/C26H33N3O6/c1-26(2,3)35-25(33)29-11-5-6-16(13-29)17-12-18(28-23(27)21(17)24(31)32)22-19(30)7-4-8-20(22)34-14-15-9-10-15/h4,7-8,12,15-16,30H,5-6,9-11,13-14H2,1-3H3,(H2,27,28)(H,31,32). The molecule has 1 aromatic carbocycles. The smallest absolute Gasteiger partial charge is 0.410 e. The van der Waals surface area contributed by atoms with Crippen molar-refractivity contribution in [3.8, 4) is 22.8 Å². The molecule has 1 unspecified atom stereocenters. The normalized spacial score (nSPS) is 18.3. The number of benzene rings is 1. The van der Waals surface area contributed by atoms with Crippen LogP contribution in [0.15, 0.2) is 24.3 Å². The van der Waals surface area contributed by atoms with Crippen LogP contribution in [0.4, 0.5) is 10.6 Å². The molecule has 9 heteroatoms. The van der Waals surface area contributed by atoms with Crippen molar-refractivity contribution in [2.75, 3.05) is 25.4 Å². The Morgan fingerprint density at radius 2 is 1.97 bits per heavy atom. The number of likely N-dealkylation sites (tertiary alicyclic amines) is 1. The van der Waals surface area contributed by atoms with Gasteiger partial charge in [0.25, 0.3) is 0 Å². The molecule has 1 saturated heterocycles. The minimum Gasteiger partial charge on any atom is -0.507 e. The number of phenolic OH excluding ortho intramolecular Hbond substituents is 1. The van der Waals surface area contributed by atoms with Gasteiger partial charge >= 0.3 is 12.1 Å². The van der Waals surface area contributed by atoms with Crippen LogP contribution in [0.1, 0.15) is 68.3 Å². The van der Waals surface area contributed by atoms with Gasteiger partial charge in [0.2, 0.25) is 0 Å². The van der Waals surface area contributed by atoms with E-state index in [2.05, 4.69) is 4.98 Å². The van der Waals surface area contributed by atoms with Gasteiger partial charge in [-0.2, -0.15) is 0 Å². The molecule has 2 fully saturated rings. The molecule has 35 heavy (non-hydrogen) atoms. The fourth-order valence-corrected chi connectivity index (χ4v) is 4.38. The first-order chi connectivity index (χ1) is 16.5. The number of aromatic nitrogens is 1. The van der Waals surface area contributed by atoms with Crippen LogP contribution >= 0.6 is 0 Å². The number of carbonyl (C=O) groups is 2. The van der Waals surface area contributed by atoms with E-state index in [0.29, 0.717) is 61.0 Å². The zero-order valence-corrected chi connectivity index (χ0v) is 20.4. The maximum Gasteiger partial charge on any atom is 0.410 e. The number of piperidine rings is 1. The Bertz CT molecular complexity index is 1120. The average molecular weight is 484 g/mol. The summed E-state index contributed by atoms with van der Waals surface area (Å²) in [5.41, 5.74) is 6.63. The Labute approximate surface area is 204 Å². The summed E-state index contributed by atoms with van der Waals surface area (Å²) in [6, 6.07) is 6.64. The van der Waals surface area contributed by atoms with E-state index < -0.39 is 17.7 Å². The highest BCUT2D eigenvalue weighted by atomic mass is 16.6. The van der Waals surface area contributed by atoms with Crippen LogP contribution in [0.3, 0.4) is 0 Å². The number of nitrogens with two attached hydrogens (primary N) is 1. The molecule has 4 N–H and O–H groups in total. The molecule has 1 aromatic heterocycles. The van der Waals surface area contributed by atoms with E-state index in [-0.39, 0.29) is 23.0 Å². The van der Waals surface area contributed by atoms with Crippen LogP contribution in [-0.4, -0.2) is 57.5 Å². The summed E-state index contributed by atoms with van der Waals surface area (Å²) in [7, 11) is 0. The number of nitrogen functional groups attached to an aromatic ring is 1.